The van der Waals surface area contributed by atoms with E-state index < -0.39 is 27.6 Å². The zero-order valence-electron chi connectivity index (χ0n) is 25.9. The summed E-state index contributed by atoms with van der Waals surface area (Å²) in [5.41, 5.74) is 7.96. The first kappa shape index (κ1) is 32.5. The smallest absolute Gasteiger partial charge is 0.241 e. The third-order valence-electron chi connectivity index (χ3n) is 6.66. The van der Waals surface area contributed by atoms with Gasteiger partial charge in [-0.1, -0.05) is 83.1 Å². The molecule has 0 aliphatic rings. The number of hydrogen-bond acceptors (Lipinski definition) is 5. The Bertz CT molecular complexity index is 1090. The molecule has 0 radical (unpaired) electrons. The van der Waals surface area contributed by atoms with Crippen molar-refractivity contribution in [3.05, 3.63) is 46.5 Å². The van der Waals surface area contributed by atoms with Crippen molar-refractivity contribution in [2.75, 3.05) is 16.4 Å². The van der Waals surface area contributed by atoms with E-state index in [-0.39, 0.29) is 28.9 Å². The van der Waals surface area contributed by atoms with Crippen LogP contribution in [0.2, 0.25) is 0 Å². The Kier molecular flexibility index (Phi) is 9.24. The number of thioether (sulfide) groups is 1. The standard InChI is InChI=1S/C32H48N2O4S/c1-29(2,3)21-13-19(14-22(27(21)37)30(4,5)6)34(26(36)18-39-17-25(33)35)20-15-23(31(7,8)9)28(38)24(16-20)32(10,11)12/h13-16,37-38H,17-18H2,1-12H3,(H2,33,35). The van der Waals surface area contributed by atoms with Crippen LogP contribution in [-0.2, 0) is 31.2 Å². The fourth-order valence-corrected chi connectivity index (χ4v) is 5.13. The van der Waals surface area contributed by atoms with Gasteiger partial charge in [0.25, 0.3) is 0 Å². The van der Waals surface area contributed by atoms with Crippen molar-refractivity contribution in [3.8, 4) is 11.5 Å². The summed E-state index contributed by atoms with van der Waals surface area (Å²) in [7, 11) is 0. The van der Waals surface area contributed by atoms with Crippen molar-refractivity contribution in [3.63, 3.8) is 0 Å². The lowest BCUT2D eigenvalue weighted by Crippen LogP contribution is -2.30. The minimum atomic E-state index is -0.483. The fraction of sp³-hybridized carbons (Fsp3) is 0.562. The molecule has 0 aliphatic heterocycles. The van der Waals surface area contributed by atoms with Crippen LogP contribution >= 0.6 is 11.8 Å². The molecule has 2 amide bonds. The highest BCUT2D eigenvalue weighted by atomic mass is 32.2. The summed E-state index contributed by atoms with van der Waals surface area (Å²) >= 11 is 1.17. The molecule has 4 N–H and O–H groups in total. The number of carbonyl (C=O) groups excluding carboxylic acids is 2. The topological polar surface area (TPSA) is 104 Å². The Labute approximate surface area is 239 Å². The molecule has 39 heavy (non-hydrogen) atoms. The predicted molar refractivity (Wildman–Crippen MR) is 165 cm³/mol. The maximum absolute atomic E-state index is 14.0. The molecule has 2 aromatic carbocycles. The van der Waals surface area contributed by atoms with Crippen LogP contribution < -0.4 is 10.6 Å². The summed E-state index contributed by atoms with van der Waals surface area (Å²) in [5.74, 6) is -0.181. The molecule has 0 heterocycles. The molecule has 0 saturated heterocycles. The van der Waals surface area contributed by atoms with Gasteiger partial charge in [0.15, 0.2) is 0 Å². The molecule has 7 heteroatoms. The second kappa shape index (κ2) is 11.1. The number of nitrogens with zero attached hydrogens (tertiary/aromatic N) is 1. The Morgan fingerprint density at radius 2 is 0.923 bits per heavy atom. The second-order valence-electron chi connectivity index (χ2n) is 14.5. The van der Waals surface area contributed by atoms with Gasteiger partial charge in [-0.15, -0.1) is 11.8 Å². The summed E-state index contributed by atoms with van der Waals surface area (Å²) in [6.07, 6.45) is 0. The number of carbonyl (C=O) groups is 2. The van der Waals surface area contributed by atoms with E-state index in [1.54, 1.807) is 4.90 Å². The third kappa shape index (κ3) is 7.71. The van der Waals surface area contributed by atoms with Crippen LogP contribution in [0.5, 0.6) is 11.5 Å². The Balaban J connectivity index is 3.00. The van der Waals surface area contributed by atoms with Gasteiger partial charge in [-0.25, -0.2) is 0 Å². The van der Waals surface area contributed by atoms with Gasteiger partial charge >= 0.3 is 0 Å². The molecule has 0 saturated carbocycles. The number of anilines is 2. The third-order valence-corrected chi connectivity index (χ3v) is 7.60. The zero-order chi connectivity index (χ0) is 30.3. The number of nitrogens with two attached hydrogens (primary N) is 1. The monoisotopic (exact) mass is 556 g/mol. The second-order valence-corrected chi connectivity index (χ2v) is 15.5. The predicted octanol–water partition coefficient (Wildman–Crippen LogP) is 7.17. The van der Waals surface area contributed by atoms with Crippen LogP contribution in [0.4, 0.5) is 11.4 Å². The van der Waals surface area contributed by atoms with Crippen molar-refractivity contribution in [2.24, 2.45) is 5.73 Å². The number of primary amides is 1. The number of benzene rings is 2. The Morgan fingerprint density at radius 3 is 1.15 bits per heavy atom. The lowest BCUT2D eigenvalue weighted by Gasteiger charge is -2.33. The number of phenols is 2. The molecule has 0 aromatic heterocycles. The molecule has 6 nitrogen and oxygen atoms in total. The van der Waals surface area contributed by atoms with Crippen LogP contribution in [0.15, 0.2) is 24.3 Å². The van der Waals surface area contributed by atoms with Crippen LogP contribution in [0.3, 0.4) is 0 Å². The summed E-state index contributed by atoms with van der Waals surface area (Å²) in [6.45, 7) is 24.4. The Morgan fingerprint density at radius 1 is 0.641 bits per heavy atom. The number of hydrogen-bond donors (Lipinski definition) is 3. The van der Waals surface area contributed by atoms with Crippen LogP contribution in [0.1, 0.15) is 105 Å². The van der Waals surface area contributed by atoms with Gasteiger partial charge in [-0.05, 0) is 45.9 Å². The van der Waals surface area contributed by atoms with Gasteiger partial charge in [0.2, 0.25) is 11.8 Å². The van der Waals surface area contributed by atoms with Gasteiger partial charge in [0, 0.05) is 33.6 Å². The van der Waals surface area contributed by atoms with E-state index in [0.717, 1.165) is 22.3 Å². The molecule has 0 bridgehead atoms. The number of aromatic hydroxyl groups is 2. The average Bonchev–Trinajstić information content (AvgIpc) is 2.72. The maximum atomic E-state index is 14.0. The van der Waals surface area contributed by atoms with Gasteiger partial charge in [-0.2, -0.15) is 0 Å². The molecule has 0 atom stereocenters. The largest absolute Gasteiger partial charge is 0.507 e. The first-order valence-electron chi connectivity index (χ1n) is 13.4. The van der Waals surface area contributed by atoms with E-state index in [4.69, 9.17) is 5.73 Å². The molecular formula is C32H48N2O4S. The number of rotatable bonds is 6. The summed E-state index contributed by atoms with van der Waals surface area (Å²) in [6, 6.07) is 7.51. The highest BCUT2D eigenvalue weighted by molar-refractivity contribution is 8.00. The molecule has 216 valence electrons. The average molecular weight is 557 g/mol. The van der Waals surface area contributed by atoms with Crippen LogP contribution in [-0.4, -0.2) is 33.5 Å². The van der Waals surface area contributed by atoms with E-state index in [2.05, 4.69) is 0 Å². The first-order chi connectivity index (χ1) is 17.5. The van der Waals surface area contributed by atoms with E-state index in [0.29, 0.717) is 11.4 Å². The summed E-state index contributed by atoms with van der Waals surface area (Å²) in [5, 5.41) is 22.6. The van der Waals surface area contributed by atoms with Crippen molar-refractivity contribution in [2.45, 2.75) is 105 Å². The molecule has 2 aromatic rings. The minimum Gasteiger partial charge on any atom is -0.507 e. The normalized spacial score (nSPS) is 12.9. The summed E-state index contributed by atoms with van der Waals surface area (Å²) < 4.78 is 0. The molecule has 0 spiro atoms. The van der Waals surface area contributed by atoms with Gasteiger partial charge in [0.1, 0.15) is 11.5 Å². The Hall–Kier alpha value is -2.67. The van der Waals surface area contributed by atoms with E-state index in [9.17, 15) is 19.8 Å². The number of phenolic OH excluding ortho intramolecular Hbond substituents is 2. The van der Waals surface area contributed by atoms with Crippen LogP contribution in [0, 0.1) is 0 Å². The highest BCUT2D eigenvalue weighted by Crippen LogP contribution is 2.46. The van der Waals surface area contributed by atoms with Crippen molar-refractivity contribution in [1.29, 1.82) is 0 Å². The molecule has 0 unspecified atom stereocenters. The highest BCUT2D eigenvalue weighted by Gasteiger charge is 2.32. The maximum Gasteiger partial charge on any atom is 0.241 e. The minimum absolute atomic E-state index is 0.0334. The first-order valence-corrected chi connectivity index (χ1v) is 14.6. The van der Waals surface area contributed by atoms with Crippen LogP contribution in [0.25, 0.3) is 0 Å². The van der Waals surface area contributed by atoms with Gasteiger partial charge in [-0.3, -0.25) is 14.5 Å². The van der Waals surface area contributed by atoms with Crippen molar-refractivity contribution >= 4 is 35.0 Å². The van der Waals surface area contributed by atoms with Gasteiger partial charge in [0.05, 0.1) is 11.5 Å². The number of amides is 2. The fourth-order valence-electron chi connectivity index (χ4n) is 4.52. The van der Waals surface area contributed by atoms with Crippen molar-refractivity contribution in [1.82, 2.24) is 0 Å². The van der Waals surface area contributed by atoms with Crippen molar-refractivity contribution < 1.29 is 19.8 Å². The SMILES string of the molecule is CC(C)(C)c1cc(N(C(=O)CSCC(N)=O)c2cc(C(C)(C)C)c(O)c(C(C)(C)C)c2)cc(C(C)(C)C)c1O. The van der Waals surface area contributed by atoms with Gasteiger partial charge < -0.3 is 15.9 Å². The molecule has 2 rings (SSSR count). The lowest BCUT2D eigenvalue weighted by molar-refractivity contribution is -0.115. The van der Waals surface area contributed by atoms with E-state index >= 15 is 0 Å². The lowest BCUT2D eigenvalue weighted by atomic mass is 9.78. The van der Waals surface area contributed by atoms with E-state index in [1.807, 2.05) is 107 Å². The summed E-state index contributed by atoms with van der Waals surface area (Å²) in [4.78, 5) is 27.0. The molecular weight excluding hydrogens is 508 g/mol. The molecule has 0 fully saturated rings. The zero-order valence-corrected chi connectivity index (χ0v) is 26.7. The van der Waals surface area contributed by atoms with E-state index in [1.165, 1.54) is 11.8 Å². The quantitative estimate of drug-likeness (QED) is 0.350. The molecule has 0 aliphatic carbocycles.